The molecule has 0 fully saturated rings. The summed E-state index contributed by atoms with van der Waals surface area (Å²) in [6.07, 6.45) is 0. The van der Waals surface area contributed by atoms with E-state index in [1.807, 2.05) is 43.3 Å². The predicted octanol–water partition coefficient (Wildman–Crippen LogP) is 6.03. The van der Waals surface area contributed by atoms with E-state index in [1.165, 1.54) is 11.1 Å². The van der Waals surface area contributed by atoms with Gasteiger partial charge in [0.15, 0.2) is 5.82 Å². The van der Waals surface area contributed by atoms with Crippen LogP contribution in [0.2, 0.25) is 0 Å². The normalized spacial score (nSPS) is 11.3. The van der Waals surface area contributed by atoms with E-state index in [1.54, 1.807) is 4.68 Å². The third kappa shape index (κ3) is 4.08. The highest BCUT2D eigenvalue weighted by Gasteiger charge is 2.15. The van der Waals surface area contributed by atoms with Crippen molar-refractivity contribution < 1.29 is 4.79 Å². The molecule has 0 aliphatic rings. The zero-order valence-electron chi connectivity index (χ0n) is 18.9. The average molecular weight is 413 g/mol. The summed E-state index contributed by atoms with van der Waals surface area (Å²) in [7, 11) is 0. The van der Waals surface area contributed by atoms with Crippen molar-refractivity contribution in [2.45, 2.75) is 47.5 Å². The van der Waals surface area contributed by atoms with Gasteiger partial charge in [0.05, 0.1) is 11.2 Å². The molecule has 1 amide bonds. The summed E-state index contributed by atoms with van der Waals surface area (Å²) >= 11 is 0. The van der Waals surface area contributed by atoms with Crippen molar-refractivity contribution >= 4 is 22.6 Å². The number of nitrogens with one attached hydrogen (secondary N) is 1. The van der Waals surface area contributed by atoms with Gasteiger partial charge >= 0.3 is 0 Å². The Morgan fingerprint density at radius 1 is 0.935 bits per heavy atom. The maximum Gasteiger partial charge on any atom is 0.256 e. The number of hydrogen-bond acceptors (Lipinski definition) is 3. The third-order valence-electron chi connectivity index (χ3n) is 5.57. The molecule has 31 heavy (non-hydrogen) atoms. The van der Waals surface area contributed by atoms with Gasteiger partial charge in [0.25, 0.3) is 5.91 Å². The van der Waals surface area contributed by atoms with Crippen LogP contribution in [-0.2, 0) is 0 Å². The molecule has 0 spiro atoms. The Balaban J connectivity index is 1.71. The molecular weight excluding hydrogens is 384 g/mol. The number of benzene rings is 2. The van der Waals surface area contributed by atoms with E-state index < -0.39 is 0 Å². The van der Waals surface area contributed by atoms with Gasteiger partial charge < -0.3 is 5.32 Å². The third-order valence-corrected chi connectivity index (χ3v) is 5.57. The molecule has 0 aliphatic heterocycles. The Morgan fingerprint density at radius 2 is 1.65 bits per heavy atom. The van der Waals surface area contributed by atoms with E-state index in [4.69, 9.17) is 4.98 Å². The van der Waals surface area contributed by atoms with Crippen LogP contribution < -0.4 is 5.32 Å². The first kappa shape index (κ1) is 20.8. The van der Waals surface area contributed by atoms with Gasteiger partial charge in [-0.2, -0.15) is 9.78 Å². The molecule has 5 heteroatoms. The summed E-state index contributed by atoms with van der Waals surface area (Å²) in [6, 6.07) is 15.9. The first-order valence-corrected chi connectivity index (χ1v) is 10.6. The van der Waals surface area contributed by atoms with Crippen LogP contribution in [0.15, 0.2) is 48.5 Å². The number of pyridine rings is 1. The molecule has 4 rings (SSSR count). The number of nitrogens with zero attached hydrogens (tertiary/aromatic N) is 3. The topological polar surface area (TPSA) is 59.8 Å². The highest BCUT2D eigenvalue weighted by molar-refractivity contribution is 6.04. The van der Waals surface area contributed by atoms with Crippen LogP contribution in [0.4, 0.5) is 5.82 Å². The molecule has 2 aromatic carbocycles. The van der Waals surface area contributed by atoms with Gasteiger partial charge in [-0.1, -0.05) is 37.6 Å². The lowest BCUT2D eigenvalue weighted by molar-refractivity contribution is 0.102. The van der Waals surface area contributed by atoms with E-state index >= 15 is 0 Å². The van der Waals surface area contributed by atoms with Crippen molar-refractivity contribution in [3.8, 4) is 5.82 Å². The molecule has 2 heterocycles. The number of aryl methyl sites for hydroxylation is 4. The fourth-order valence-corrected chi connectivity index (χ4v) is 3.91. The van der Waals surface area contributed by atoms with Crippen molar-refractivity contribution in [1.29, 1.82) is 0 Å². The lowest BCUT2D eigenvalue weighted by atomic mass is 10.0. The molecule has 0 unspecified atom stereocenters. The Bertz CT molecular complexity index is 1280. The Morgan fingerprint density at radius 3 is 2.32 bits per heavy atom. The van der Waals surface area contributed by atoms with E-state index in [2.05, 4.69) is 57.2 Å². The number of hydrogen-bond donors (Lipinski definition) is 1. The Hall–Kier alpha value is -3.47. The van der Waals surface area contributed by atoms with Crippen LogP contribution in [0, 0.1) is 27.7 Å². The monoisotopic (exact) mass is 412 g/mol. The zero-order chi connectivity index (χ0) is 22.3. The van der Waals surface area contributed by atoms with Crippen molar-refractivity contribution in [3.63, 3.8) is 0 Å². The summed E-state index contributed by atoms with van der Waals surface area (Å²) < 4.78 is 1.71. The standard InChI is InChI=1S/C26H28N4O/c1-15(2)20-7-9-21(10-8-20)26(31)28-24-14-19(6)29-30(24)23-13-17(4)22-12-16(3)11-18(5)25(22)27-23/h7-15H,1-6H3,(H,28,31). The van der Waals surface area contributed by atoms with Crippen molar-refractivity contribution in [3.05, 3.63) is 82.0 Å². The first-order chi connectivity index (χ1) is 14.7. The highest BCUT2D eigenvalue weighted by atomic mass is 16.1. The predicted molar refractivity (Wildman–Crippen MR) is 126 cm³/mol. The second kappa shape index (κ2) is 7.99. The number of carbonyl (C=O) groups excluding carboxylic acids is 1. The first-order valence-electron chi connectivity index (χ1n) is 10.6. The van der Waals surface area contributed by atoms with E-state index in [9.17, 15) is 4.79 Å². The molecule has 1 N–H and O–H groups in total. The fraction of sp³-hybridized carbons (Fsp3) is 0.269. The summed E-state index contributed by atoms with van der Waals surface area (Å²) in [5, 5.41) is 8.75. The minimum atomic E-state index is -0.166. The zero-order valence-corrected chi connectivity index (χ0v) is 18.9. The van der Waals surface area contributed by atoms with Gasteiger partial charge in [-0.05, 0) is 74.6 Å². The molecular formula is C26H28N4O. The summed E-state index contributed by atoms with van der Waals surface area (Å²) in [5.41, 5.74) is 7.05. The van der Waals surface area contributed by atoms with E-state index in [0.29, 0.717) is 23.1 Å². The summed E-state index contributed by atoms with van der Waals surface area (Å²) in [6.45, 7) is 12.4. The largest absolute Gasteiger partial charge is 0.306 e. The molecule has 2 aromatic heterocycles. The van der Waals surface area contributed by atoms with Gasteiger partial charge in [0.2, 0.25) is 0 Å². The van der Waals surface area contributed by atoms with Crippen LogP contribution in [0.5, 0.6) is 0 Å². The van der Waals surface area contributed by atoms with Gasteiger partial charge in [0.1, 0.15) is 5.82 Å². The average Bonchev–Trinajstić information content (AvgIpc) is 3.08. The maximum absolute atomic E-state index is 12.9. The van der Waals surface area contributed by atoms with E-state index in [-0.39, 0.29) is 5.91 Å². The lowest BCUT2D eigenvalue weighted by Crippen LogP contribution is -2.16. The summed E-state index contributed by atoms with van der Waals surface area (Å²) in [4.78, 5) is 17.8. The van der Waals surface area contributed by atoms with Crippen molar-refractivity contribution in [1.82, 2.24) is 14.8 Å². The highest BCUT2D eigenvalue weighted by Crippen LogP contribution is 2.26. The van der Waals surface area contributed by atoms with Crippen LogP contribution in [0.25, 0.3) is 16.7 Å². The number of rotatable bonds is 4. The van der Waals surface area contributed by atoms with Crippen LogP contribution in [-0.4, -0.2) is 20.7 Å². The number of anilines is 1. The van der Waals surface area contributed by atoms with E-state index in [0.717, 1.165) is 27.7 Å². The number of amides is 1. The molecule has 158 valence electrons. The van der Waals surface area contributed by atoms with Crippen molar-refractivity contribution in [2.24, 2.45) is 0 Å². The summed E-state index contributed by atoms with van der Waals surface area (Å²) in [5.74, 6) is 1.55. The maximum atomic E-state index is 12.9. The molecule has 0 aliphatic carbocycles. The quantitative estimate of drug-likeness (QED) is 0.445. The number of carbonyl (C=O) groups is 1. The van der Waals surface area contributed by atoms with Gasteiger partial charge in [-0.15, -0.1) is 0 Å². The van der Waals surface area contributed by atoms with Gasteiger partial charge in [-0.3, -0.25) is 4.79 Å². The molecule has 0 saturated carbocycles. The minimum Gasteiger partial charge on any atom is -0.306 e. The molecule has 0 atom stereocenters. The number of fused-ring (bicyclic) bond motifs is 1. The Kier molecular flexibility index (Phi) is 5.36. The second-order valence-electron chi connectivity index (χ2n) is 8.59. The molecule has 0 radical (unpaired) electrons. The van der Waals surface area contributed by atoms with Crippen LogP contribution in [0.3, 0.4) is 0 Å². The van der Waals surface area contributed by atoms with Crippen molar-refractivity contribution in [2.75, 3.05) is 5.32 Å². The SMILES string of the molecule is Cc1cc(C)c2nc(-n3nc(C)cc3NC(=O)c3ccc(C(C)C)cc3)cc(C)c2c1. The Labute approximate surface area is 183 Å². The smallest absolute Gasteiger partial charge is 0.256 e. The minimum absolute atomic E-state index is 0.166. The second-order valence-corrected chi connectivity index (χ2v) is 8.59. The van der Waals surface area contributed by atoms with Gasteiger partial charge in [0, 0.05) is 17.0 Å². The number of aromatic nitrogens is 3. The van der Waals surface area contributed by atoms with Crippen LogP contribution in [0.1, 0.15) is 58.1 Å². The molecule has 4 aromatic rings. The van der Waals surface area contributed by atoms with Crippen LogP contribution >= 0.6 is 0 Å². The van der Waals surface area contributed by atoms with Gasteiger partial charge in [-0.25, -0.2) is 4.98 Å². The lowest BCUT2D eigenvalue weighted by Gasteiger charge is -2.13. The molecule has 5 nitrogen and oxygen atoms in total. The molecule has 0 bridgehead atoms. The molecule has 0 saturated heterocycles. The fourth-order valence-electron chi connectivity index (χ4n) is 3.91.